The van der Waals surface area contributed by atoms with Crippen LogP contribution in [0.2, 0.25) is 0 Å². The largest absolute Gasteiger partial charge is 0.465 e. The Balaban J connectivity index is 1.11. The zero-order chi connectivity index (χ0) is 36.1. The third-order valence-electron chi connectivity index (χ3n) is 8.09. The average molecular weight is 698 g/mol. The van der Waals surface area contributed by atoms with Gasteiger partial charge in [0, 0.05) is 29.1 Å². The van der Waals surface area contributed by atoms with E-state index in [4.69, 9.17) is 4.74 Å². The van der Waals surface area contributed by atoms with Crippen molar-refractivity contribution in [3.8, 4) is 22.3 Å². The van der Waals surface area contributed by atoms with Crippen molar-refractivity contribution in [1.82, 2.24) is 4.72 Å². The second-order valence-electron chi connectivity index (χ2n) is 11.5. The predicted octanol–water partition coefficient (Wildman–Crippen LogP) is 7.29. The van der Waals surface area contributed by atoms with Gasteiger partial charge in [-0.25, -0.2) is 17.9 Å². The second kappa shape index (κ2) is 14.5. The fraction of sp³-hybridized carbons (Fsp3) is 0.0500. The van der Waals surface area contributed by atoms with Crippen LogP contribution in [0.1, 0.15) is 38.0 Å². The van der Waals surface area contributed by atoms with Crippen molar-refractivity contribution in [2.75, 3.05) is 17.7 Å². The number of nitrogens with one attached hydrogen (secondary N) is 3. The van der Waals surface area contributed by atoms with Crippen LogP contribution >= 0.6 is 0 Å². The zero-order valence-electron chi connectivity index (χ0n) is 27.5. The number of ether oxygens (including phenoxy) is 1. The molecule has 0 aromatic heterocycles. The topological polar surface area (TPSA) is 148 Å². The maximum absolute atomic E-state index is 13.3. The fourth-order valence-corrected chi connectivity index (χ4v) is 6.81. The van der Waals surface area contributed by atoms with E-state index < -0.39 is 27.8 Å². The molecule has 0 radical (unpaired) electrons. The first-order valence-corrected chi connectivity index (χ1v) is 17.2. The van der Waals surface area contributed by atoms with Gasteiger partial charge in [0.15, 0.2) is 0 Å². The Bertz CT molecular complexity index is 2380. The molecule has 6 aromatic carbocycles. The summed E-state index contributed by atoms with van der Waals surface area (Å²) in [5.41, 5.74) is 5.69. The van der Waals surface area contributed by atoms with Crippen molar-refractivity contribution >= 4 is 55.9 Å². The van der Waals surface area contributed by atoms with Crippen LogP contribution < -0.4 is 15.4 Å². The Morgan fingerprint density at radius 3 is 1.49 bits per heavy atom. The van der Waals surface area contributed by atoms with E-state index in [9.17, 15) is 27.6 Å². The molecule has 254 valence electrons. The Hall–Kier alpha value is -6.59. The molecule has 0 fully saturated rings. The minimum Gasteiger partial charge on any atom is -0.465 e. The number of hydrogen-bond donors (Lipinski definition) is 3. The number of amides is 3. The summed E-state index contributed by atoms with van der Waals surface area (Å²) < 4.78 is 32.5. The smallest absolute Gasteiger partial charge is 0.337 e. The van der Waals surface area contributed by atoms with Gasteiger partial charge in [0.05, 0.1) is 23.3 Å². The lowest BCUT2D eigenvalue weighted by molar-refractivity contribution is -0.117. The molecule has 0 aliphatic heterocycles. The lowest BCUT2D eigenvalue weighted by Gasteiger charge is -2.14. The lowest BCUT2D eigenvalue weighted by atomic mass is 10.0. The molecule has 51 heavy (non-hydrogen) atoms. The maximum Gasteiger partial charge on any atom is 0.337 e. The average Bonchev–Trinajstić information content (AvgIpc) is 3.14. The van der Waals surface area contributed by atoms with Crippen LogP contribution in [0, 0.1) is 0 Å². The molecule has 0 aliphatic carbocycles. The molecule has 0 aliphatic rings. The van der Waals surface area contributed by atoms with Crippen LogP contribution in [0.25, 0.3) is 33.0 Å². The summed E-state index contributed by atoms with van der Waals surface area (Å²) in [7, 11) is -2.83. The van der Waals surface area contributed by atoms with Gasteiger partial charge in [-0.3, -0.25) is 14.4 Å². The predicted molar refractivity (Wildman–Crippen MR) is 196 cm³/mol. The van der Waals surface area contributed by atoms with Crippen molar-refractivity contribution in [3.05, 3.63) is 150 Å². The van der Waals surface area contributed by atoms with Gasteiger partial charge < -0.3 is 15.4 Å². The van der Waals surface area contributed by atoms with Crippen molar-refractivity contribution in [3.63, 3.8) is 0 Å². The molecule has 0 bridgehead atoms. The molecule has 0 atom stereocenters. The molecule has 3 N–H and O–H groups in total. The van der Waals surface area contributed by atoms with Gasteiger partial charge in [-0.1, -0.05) is 72.8 Å². The van der Waals surface area contributed by atoms with E-state index in [1.807, 2.05) is 41.1 Å². The second-order valence-corrected chi connectivity index (χ2v) is 13.2. The third kappa shape index (κ3) is 7.69. The number of carbonyl (C=O) groups is 4. The molecule has 10 nitrogen and oxygen atoms in total. The number of carbonyl (C=O) groups excluding carboxylic acids is 4. The molecule has 0 heterocycles. The highest BCUT2D eigenvalue weighted by Gasteiger charge is 2.21. The van der Waals surface area contributed by atoms with E-state index >= 15 is 0 Å². The summed E-state index contributed by atoms with van der Waals surface area (Å²) in [4.78, 5) is 49.3. The van der Waals surface area contributed by atoms with Crippen LogP contribution in [0.15, 0.2) is 138 Å². The number of rotatable bonds is 9. The minimum absolute atomic E-state index is 0.125. The number of sulfonamides is 1. The Kier molecular flexibility index (Phi) is 9.74. The summed E-state index contributed by atoms with van der Waals surface area (Å²) in [5, 5.41) is 6.58. The number of fused-ring (bicyclic) bond motifs is 1. The van der Waals surface area contributed by atoms with Gasteiger partial charge in [-0.05, 0) is 88.3 Å². The quantitative estimate of drug-likeness (QED) is 0.134. The highest BCUT2D eigenvalue weighted by Crippen LogP contribution is 2.31. The monoisotopic (exact) mass is 697 g/mol. The van der Waals surface area contributed by atoms with Gasteiger partial charge in [0.2, 0.25) is 5.91 Å². The molecule has 11 heteroatoms. The van der Waals surface area contributed by atoms with Gasteiger partial charge in [-0.15, -0.1) is 0 Å². The Labute approximate surface area is 294 Å². The fourth-order valence-electron chi connectivity index (χ4n) is 5.57. The van der Waals surface area contributed by atoms with E-state index in [1.54, 1.807) is 91.0 Å². The molecule has 0 saturated heterocycles. The van der Waals surface area contributed by atoms with Gasteiger partial charge in [-0.2, -0.15) is 0 Å². The molecule has 0 saturated carbocycles. The van der Waals surface area contributed by atoms with Crippen LogP contribution in [0.3, 0.4) is 0 Å². The van der Waals surface area contributed by atoms with Crippen LogP contribution in [0.5, 0.6) is 0 Å². The van der Waals surface area contributed by atoms with E-state index in [-0.39, 0.29) is 21.9 Å². The van der Waals surface area contributed by atoms with Crippen molar-refractivity contribution < 1.29 is 32.3 Å². The molecule has 3 amide bonds. The van der Waals surface area contributed by atoms with Crippen molar-refractivity contribution in [2.24, 2.45) is 0 Å². The summed E-state index contributed by atoms with van der Waals surface area (Å²) in [6, 6.07) is 38.1. The summed E-state index contributed by atoms with van der Waals surface area (Å²) in [6.45, 7) is 1.11. The van der Waals surface area contributed by atoms with E-state index in [0.29, 0.717) is 27.8 Å². The highest BCUT2D eigenvalue weighted by atomic mass is 32.2. The number of anilines is 2. The van der Waals surface area contributed by atoms with Crippen molar-refractivity contribution in [2.45, 2.75) is 11.8 Å². The van der Waals surface area contributed by atoms with E-state index in [0.717, 1.165) is 29.2 Å². The Morgan fingerprint density at radius 2 is 1.00 bits per heavy atom. The number of methoxy groups -OCH3 is 1. The maximum atomic E-state index is 13.3. The lowest BCUT2D eigenvalue weighted by Crippen LogP contribution is -2.28. The molecular weight excluding hydrogens is 667 g/mol. The Morgan fingerprint density at radius 1 is 0.549 bits per heavy atom. The number of esters is 1. The van der Waals surface area contributed by atoms with Gasteiger partial charge >= 0.3 is 5.97 Å². The first-order valence-electron chi connectivity index (χ1n) is 15.7. The highest BCUT2D eigenvalue weighted by molar-refractivity contribution is 7.90. The van der Waals surface area contributed by atoms with E-state index in [1.165, 1.54) is 13.2 Å². The molecule has 6 aromatic rings. The summed E-state index contributed by atoms with van der Waals surface area (Å²) in [6.07, 6.45) is 0. The third-order valence-corrected chi connectivity index (χ3v) is 9.57. The first-order chi connectivity index (χ1) is 24.5. The molecule has 0 unspecified atom stereocenters. The summed E-state index contributed by atoms with van der Waals surface area (Å²) >= 11 is 0. The normalized spacial score (nSPS) is 11.0. The van der Waals surface area contributed by atoms with Crippen molar-refractivity contribution in [1.29, 1.82) is 0 Å². The van der Waals surface area contributed by atoms with Gasteiger partial charge in [0.1, 0.15) is 0 Å². The van der Waals surface area contributed by atoms with E-state index in [2.05, 4.69) is 10.6 Å². The van der Waals surface area contributed by atoms with Crippen LogP contribution in [0.4, 0.5) is 11.4 Å². The standard InChI is InChI=1S/C40H31N3O7S/c1-25(44)43-51(48,49)36-8-4-6-30-5-3-7-35(37(30)36)42-39(46)32-17-11-27(12-18-32)29-21-23-34(24-22-29)41-38(45)31-15-9-26(10-16-31)28-13-19-33(20-14-28)40(47)50-2/h3-24H,1-2H3,(H,41,45)(H,42,46)(H,43,44). The molecule has 6 rings (SSSR count). The van der Waals surface area contributed by atoms with Crippen LogP contribution in [-0.4, -0.2) is 39.2 Å². The summed E-state index contributed by atoms with van der Waals surface area (Å²) in [5.74, 6) is -1.84. The van der Waals surface area contributed by atoms with Gasteiger partial charge in [0.25, 0.3) is 21.8 Å². The number of benzene rings is 6. The number of hydrogen-bond acceptors (Lipinski definition) is 7. The zero-order valence-corrected chi connectivity index (χ0v) is 28.3. The first kappa shape index (κ1) is 34.3. The van der Waals surface area contributed by atoms with Crippen LogP contribution in [-0.2, 0) is 19.6 Å². The molecular formula is C40H31N3O7S. The SMILES string of the molecule is COC(=O)c1ccc(-c2ccc(C(=O)Nc3ccc(-c4ccc(C(=O)Nc5cccc6cccc(S(=O)(=O)NC(C)=O)c56)cc4)cc3)cc2)cc1. The minimum atomic E-state index is -4.17. The molecule has 0 spiro atoms.